The molecule has 0 amide bonds. The van der Waals surface area contributed by atoms with Crippen LogP contribution in [0.25, 0.3) is 0 Å². The van der Waals surface area contributed by atoms with Crippen molar-refractivity contribution in [2.24, 2.45) is 5.73 Å². The van der Waals surface area contributed by atoms with Gasteiger partial charge in [0.15, 0.2) is 0 Å². The number of aliphatic hydroxyl groups is 1. The van der Waals surface area contributed by atoms with Crippen LogP contribution in [0.5, 0.6) is 0 Å². The minimum atomic E-state index is 0.0843. The number of hydrogen-bond acceptors (Lipinski definition) is 4. The highest BCUT2D eigenvalue weighted by Gasteiger charge is 2.48. The Labute approximate surface area is 77.7 Å². The van der Waals surface area contributed by atoms with Crippen LogP contribution in [0.2, 0.25) is 0 Å². The standard InChI is InChI=1S/C8H17NO2S/c1-12-8(2-3-8)7(6-9)11-5-4-10/h7,10H,2-6,9H2,1H3. The lowest BCUT2D eigenvalue weighted by Gasteiger charge is -2.23. The summed E-state index contributed by atoms with van der Waals surface area (Å²) in [4.78, 5) is 0. The van der Waals surface area contributed by atoms with E-state index in [0.717, 1.165) is 0 Å². The zero-order valence-electron chi connectivity index (χ0n) is 7.45. The van der Waals surface area contributed by atoms with Crippen LogP contribution < -0.4 is 5.73 Å². The third kappa shape index (κ3) is 2.13. The summed E-state index contributed by atoms with van der Waals surface area (Å²) in [5, 5.41) is 8.60. The second-order valence-electron chi connectivity index (χ2n) is 3.09. The Morgan fingerprint density at radius 1 is 1.67 bits per heavy atom. The third-order valence-electron chi connectivity index (χ3n) is 2.36. The number of thioether (sulfide) groups is 1. The Bertz CT molecular complexity index is 139. The van der Waals surface area contributed by atoms with Crippen LogP contribution in [0.4, 0.5) is 0 Å². The quantitative estimate of drug-likeness (QED) is 0.630. The van der Waals surface area contributed by atoms with Crippen molar-refractivity contribution >= 4 is 11.8 Å². The SMILES string of the molecule is CSC1(C(CN)OCCO)CC1. The van der Waals surface area contributed by atoms with Gasteiger partial charge in [-0.3, -0.25) is 0 Å². The highest BCUT2D eigenvalue weighted by Crippen LogP contribution is 2.50. The highest BCUT2D eigenvalue weighted by atomic mass is 32.2. The summed E-state index contributed by atoms with van der Waals surface area (Å²) in [5.74, 6) is 0. The van der Waals surface area contributed by atoms with Gasteiger partial charge in [-0.15, -0.1) is 0 Å². The molecule has 4 heteroatoms. The molecule has 1 rings (SSSR count). The molecule has 0 spiro atoms. The first-order valence-electron chi connectivity index (χ1n) is 4.27. The van der Waals surface area contributed by atoms with Crippen molar-refractivity contribution in [2.75, 3.05) is 26.0 Å². The summed E-state index contributed by atoms with van der Waals surface area (Å²) < 4.78 is 5.73. The van der Waals surface area contributed by atoms with Crippen LogP contribution in [0.3, 0.4) is 0 Å². The number of rotatable bonds is 6. The topological polar surface area (TPSA) is 55.5 Å². The zero-order chi connectivity index (χ0) is 9.03. The van der Waals surface area contributed by atoms with E-state index in [0.29, 0.717) is 13.2 Å². The molecular weight excluding hydrogens is 174 g/mol. The fourth-order valence-corrected chi connectivity index (χ4v) is 2.35. The molecule has 3 nitrogen and oxygen atoms in total. The van der Waals surface area contributed by atoms with E-state index in [1.54, 1.807) is 0 Å². The van der Waals surface area contributed by atoms with Gasteiger partial charge in [0, 0.05) is 11.3 Å². The number of ether oxygens (including phenoxy) is 1. The minimum absolute atomic E-state index is 0.0843. The molecule has 1 atom stereocenters. The first kappa shape index (κ1) is 10.3. The summed E-state index contributed by atoms with van der Waals surface area (Å²) in [6.45, 7) is 1.05. The molecule has 1 aliphatic carbocycles. The maximum absolute atomic E-state index is 8.60. The predicted molar refractivity (Wildman–Crippen MR) is 51.4 cm³/mol. The number of hydrogen-bond donors (Lipinski definition) is 2. The van der Waals surface area contributed by atoms with Crippen molar-refractivity contribution in [1.29, 1.82) is 0 Å². The second-order valence-corrected chi connectivity index (χ2v) is 4.31. The van der Waals surface area contributed by atoms with Gasteiger partial charge in [-0.1, -0.05) is 0 Å². The molecular formula is C8H17NO2S. The molecule has 0 aliphatic heterocycles. The average molecular weight is 191 g/mol. The van der Waals surface area contributed by atoms with E-state index < -0.39 is 0 Å². The summed E-state index contributed by atoms with van der Waals surface area (Å²) in [6, 6.07) is 0. The van der Waals surface area contributed by atoms with Gasteiger partial charge in [0.2, 0.25) is 0 Å². The highest BCUT2D eigenvalue weighted by molar-refractivity contribution is 8.00. The summed E-state index contributed by atoms with van der Waals surface area (Å²) in [6.07, 6.45) is 4.61. The molecule has 0 bridgehead atoms. The van der Waals surface area contributed by atoms with Crippen LogP contribution in [-0.4, -0.2) is 42.0 Å². The van der Waals surface area contributed by atoms with E-state index in [-0.39, 0.29) is 17.5 Å². The van der Waals surface area contributed by atoms with Gasteiger partial charge in [0.05, 0.1) is 19.3 Å². The van der Waals surface area contributed by atoms with Gasteiger partial charge in [-0.25, -0.2) is 0 Å². The summed E-state index contributed by atoms with van der Waals surface area (Å²) in [7, 11) is 0. The van der Waals surface area contributed by atoms with E-state index in [4.69, 9.17) is 15.6 Å². The molecule has 12 heavy (non-hydrogen) atoms. The van der Waals surface area contributed by atoms with Crippen LogP contribution in [0.1, 0.15) is 12.8 Å². The largest absolute Gasteiger partial charge is 0.394 e. The van der Waals surface area contributed by atoms with Crippen LogP contribution >= 0.6 is 11.8 Å². The van der Waals surface area contributed by atoms with Crippen LogP contribution in [0, 0.1) is 0 Å². The Hall–Kier alpha value is 0.230. The van der Waals surface area contributed by atoms with E-state index in [2.05, 4.69) is 6.26 Å². The van der Waals surface area contributed by atoms with Crippen molar-refractivity contribution in [2.45, 2.75) is 23.7 Å². The molecule has 1 fully saturated rings. The van der Waals surface area contributed by atoms with Crippen molar-refractivity contribution in [1.82, 2.24) is 0 Å². The molecule has 1 saturated carbocycles. The van der Waals surface area contributed by atoms with Gasteiger partial charge in [0.25, 0.3) is 0 Å². The fourth-order valence-electron chi connectivity index (χ4n) is 1.41. The molecule has 1 unspecified atom stereocenters. The van der Waals surface area contributed by atoms with Gasteiger partial charge in [-0.2, -0.15) is 11.8 Å². The van der Waals surface area contributed by atoms with E-state index in [1.165, 1.54) is 12.8 Å². The van der Waals surface area contributed by atoms with E-state index in [9.17, 15) is 0 Å². The molecule has 0 aromatic carbocycles. The monoisotopic (exact) mass is 191 g/mol. The molecule has 0 aromatic heterocycles. The molecule has 0 saturated heterocycles. The second kappa shape index (κ2) is 4.46. The van der Waals surface area contributed by atoms with Gasteiger partial charge < -0.3 is 15.6 Å². The van der Waals surface area contributed by atoms with Crippen LogP contribution in [-0.2, 0) is 4.74 Å². The lowest BCUT2D eigenvalue weighted by molar-refractivity contribution is 0.0287. The normalized spacial score (nSPS) is 22.2. The molecule has 0 heterocycles. The maximum Gasteiger partial charge on any atom is 0.0844 e. The molecule has 1 aliphatic rings. The van der Waals surface area contributed by atoms with E-state index in [1.807, 2.05) is 11.8 Å². The first-order chi connectivity index (χ1) is 5.79. The summed E-state index contributed by atoms with van der Waals surface area (Å²) in [5.41, 5.74) is 5.60. The Balaban J connectivity index is 2.34. The third-order valence-corrected chi connectivity index (χ3v) is 3.84. The van der Waals surface area contributed by atoms with Gasteiger partial charge in [0.1, 0.15) is 0 Å². The molecule has 0 aromatic rings. The lowest BCUT2D eigenvalue weighted by atomic mass is 10.2. The van der Waals surface area contributed by atoms with Crippen molar-refractivity contribution in [3.8, 4) is 0 Å². The average Bonchev–Trinajstić information content (AvgIpc) is 2.87. The van der Waals surface area contributed by atoms with Crippen molar-refractivity contribution in [3.05, 3.63) is 0 Å². The predicted octanol–water partition coefficient (Wildman–Crippen LogP) is 0.218. The first-order valence-corrected chi connectivity index (χ1v) is 5.49. The van der Waals surface area contributed by atoms with Crippen LogP contribution in [0.15, 0.2) is 0 Å². The molecule has 0 radical (unpaired) electrons. The molecule has 3 N–H and O–H groups in total. The maximum atomic E-state index is 8.60. The lowest BCUT2D eigenvalue weighted by Crippen LogP contribution is -2.36. The zero-order valence-corrected chi connectivity index (χ0v) is 8.27. The Morgan fingerprint density at radius 3 is 2.67 bits per heavy atom. The van der Waals surface area contributed by atoms with Gasteiger partial charge >= 0.3 is 0 Å². The Kier molecular flexibility index (Phi) is 3.83. The smallest absolute Gasteiger partial charge is 0.0844 e. The Morgan fingerprint density at radius 2 is 2.33 bits per heavy atom. The number of nitrogens with two attached hydrogens (primary N) is 1. The number of aliphatic hydroxyl groups excluding tert-OH is 1. The minimum Gasteiger partial charge on any atom is -0.394 e. The van der Waals surface area contributed by atoms with Crippen molar-refractivity contribution in [3.63, 3.8) is 0 Å². The van der Waals surface area contributed by atoms with E-state index >= 15 is 0 Å². The van der Waals surface area contributed by atoms with Crippen molar-refractivity contribution < 1.29 is 9.84 Å². The fraction of sp³-hybridized carbons (Fsp3) is 1.00. The molecule has 72 valence electrons. The van der Waals surface area contributed by atoms with Gasteiger partial charge in [-0.05, 0) is 19.1 Å². The summed E-state index contributed by atoms with van der Waals surface area (Å²) >= 11 is 1.83.